The highest BCUT2D eigenvalue weighted by Gasteiger charge is 2.46. The summed E-state index contributed by atoms with van der Waals surface area (Å²) in [7, 11) is 1.58. The molecule has 1 aromatic carbocycles. The van der Waals surface area contributed by atoms with Crippen LogP contribution in [-0.2, 0) is 9.59 Å². The van der Waals surface area contributed by atoms with Gasteiger partial charge in [0.05, 0.1) is 13.2 Å². The largest absolute Gasteiger partial charge is 0.496 e. The summed E-state index contributed by atoms with van der Waals surface area (Å²) in [5.41, 5.74) is 1.12. The number of hydrogen-bond acceptors (Lipinski definition) is 5. The van der Waals surface area contributed by atoms with E-state index in [2.05, 4.69) is 27.0 Å². The summed E-state index contributed by atoms with van der Waals surface area (Å²) < 4.78 is 5.39. The molecule has 2 saturated carbocycles. The molecule has 9 nitrogen and oxygen atoms in total. The van der Waals surface area contributed by atoms with Crippen LogP contribution in [0.3, 0.4) is 0 Å². The first-order chi connectivity index (χ1) is 17.0. The van der Waals surface area contributed by atoms with Crippen LogP contribution in [0, 0.1) is 35.0 Å². The monoisotopic (exact) mass is 477 g/mol. The molecule has 2 aliphatic carbocycles. The molecular weight excluding hydrogens is 446 g/mol. The summed E-state index contributed by atoms with van der Waals surface area (Å²) in [6.07, 6.45) is 4.93. The Morgan fingerprint density at radius 2 is 2.06 bits per heavy atom. The van der Waals surface area contributed by atoms with Gasteiger partial charge in [-0.15, -0.1) is 0 Å². The fraction of sp³-hybridized carbons (Fsp3) is 0.538. The number of nitriles is 1. The zero-order chi connectivity index (χ0) is 24.5. The smallest absolute Gasteiger partial charge is 0.268 e. The molecule has 9 heteroatoms. The Bertz CT molecular complexity index is 1180. The van der Waals surface area contributed by atoms with Crippen molar-refractivity contribution >= 4 is 28.6 Å². The van der Waals surface area contributed by atoms with Crippen molar-refractivity contribution in [2.45, 2.75) is 50.6 Å². The van der Waals surface area contributed by atoms with Gasteiger partial charge in [0.15, 0.2) is 0 Å². The molecule has 0 spiro atoms. The van der Waals surface area contributed by atoms with Crippen molar-refractivity contribution in [1.82, 2.24) is 20.9 Å². The molecule has 3 unspecified atom stereocenters. The van der Waals surface area contributed by atoms with Gasteiger partial charge >= 0.3 is 0 Å². The van der Waals surface area contributed by atoms with Crippen molar-refractivity contribution < 1.29 is 19.1 Å². The number of nitrogens with one attached hydrogen (secondary N) is 4. The van der Waals surface area contributed by atoms with Gasteiger partial charge in [0.25, 0.3) is 5.91 Å². The van der Waals surface area contributed by atoms with Gasteiger partial charge in [0.1, 0.15) is 23.5 Å². The van der Waals surface area contributed by atoms with E-state index in [9.17, 15) is 19.6 Å². The number of H-pyrrole nitrogens is 1. The van der Waals surface area contributed by atoms with Gasteiger partial charge in [-0.1, -0.05) is 6.07 Å². The molecule has 6 atom stereocenters. The minimum Gasteiger partial charge on any atom is -0.496 e. The van der Waals surface area contributed by atoms with E-state index < -0.39 is 12.1 Å². The van der Waals surface area contributed by atoms with Crippen molar-refractivity contribution in [2.75, 3.05) is 13.7 Å². The molecular formula is C26H31N5O4. The minimum atomic E-state index is -0.787. The molecule has 35 heavy (non-hydrogen) atoms. The van der Waals surface area contributed by atoms with Crippen LogP contribution in [-0.4, -0.2) is 48.4 Å². The number of carbonyl (C=O) groups is 3. The summed E-state index contributed by atoms with van der Waals surface area (Å²) in [4.78, 5) is 41.7. The Labute approximate surface area is 204 Å². The van der Waals surface area contributed by atoms with Crippen molar-refractivity contribution in [3.05, 3.63) is 30.0 Å². The highest BCUT2D eigenvalue weighted by atomic mass is 16.5. The topological polar surface area (TPSA) is 136 Å². The average molecular weight is 478 g/mol. The molecule has 1 saturated heterocycles. The Morgan fingerprint density at radius 3 is 2.77 bits per heavy atom. The molecule has 5 rings (SSSR count). The number of aromatic nitrogens is 1. The van der Waals surface area contributed by atoms with Gasteiger partial charge in [-0.2, -0.15) is 5.26 Å². The molecule has 3 aliphatic rings. The van der Waals surface area contributed by atoms with E-state index in [-0.39, 0.29) is 36.0 Å². The molecule has 2 heterocycles. The molecule has 3 amide bonds. The van der Waals surface area contributed by atoms with Crippen LogP contribution >= 0.6 is 0 Å². The van der Waals surface area contributed by atoms with Crippen LogP contribution in [0.5, 0.6) is 5.75 Å². The number of fused-ring (bicyclic) bond motifs is 2. The quantitative estimate of drug-likeness (QED) is 0.462. The summed E-state index contributed by atoms with van der Waals surface area (Å²) >= 11 is 0. The number of ether oxygens (including phenoxy) is 1. The lowest BCUT2D eigenvalue weighted by Crippen LogP contribution is -2.53. The van der Waals surface area contributed by atoms with Gasteiger partial charge in [-0.3, -0.25) is 14.4 Å². The maximum atomic E-state index is 13.4. The van der Waals surface area contributed by atoms with E-state index in [0.717, 1.165) is 36.1 Å². The van der Waals surface area contributed by atoms with Crippen LogP contribution in [0.1, 0.15) is 49.0 Å². The van der Waals surface area contributed by atoms with E-state index in [1.54, 1.807) is 13.2 Å². The highest BCUT2D eigenvalue weighted by Crippen LogP contribution is 2.52. The summed E-state index contributed by atoms with van der Waals surface area (Å²) in [5, 5.41) is 19.0. The van der Waals surface area contributed by atoms with Crippen molar-refractivity contribution in [3.63, 3.8) is 0 Å². The van der Waals surface area contributed by atoms with Gasteiger partial charge in [-0.25, -0.2) is 0 Å². The Morgan fingerprint density at radius 1 is 1.20 bits per heavy atom. The fourth-order valence-corrected chi connectivity index (χ4v) is 5.79. The minimum absolute atomic E-state index is 0.00994. The third kappa shape index (κ3) is 4.83. The molecule has 2 aromatic rings. The van der Waals surface area contributed by atoms with E-state index in [0.29, 0.717) is 30.3 Å². The van der Waals surface area contributed by atoms with E-state index in [1.165, 1.54) is 6.42 Å². The SMILES string of the molecule is COc1cccc2[nH]c(C(=O)N[C@H](C(=O)N[C@H](C#N)C[C@@H]3CCNC3=O)C3CCC4CC4C3)cc12. The normalized spacial score (nSPS) is 26.7. The number of methoxy groups -OCH3 is 1. The molecule has 3 fully saturated rings. The van der Waals surface area contributed by atoms with E-state index >= 15 is 0 Å². The summed E-state index contributed by atoms with van der Waals surface area (Å²) in [6, 6.07) is 7.86. The summed E-state index contributed by atoms with van der Waals surface area (Å²) in [6.45, 7) is 0.591. The number of carbonyl (C=O) groups excluding carboxylic acids is 3. The second-order valence-electron chi connectivity index (χ2n) is 10.1. The number of benzene rings is 1. The number of aromatic amines is 1. The zero-order valence-corrected chi connectivity index (χ0v) is 19.8. The standard InChI is InChI=1S/C26H31N5O4/c1-35-22-4-2-3-20-19(22)12-21(30-20)25(33)31-23(15-6-5-14-9-17(14)10-15)26(34)29-18(13-27)11-16-7-8-28-24(16)32/h2-4,12,14-18,23,30H,5-11H2,1H3,(H,28,32)(H,29,34)(H,31,33)/t14?,15?,16-,17?,18-,23-/m0/s1. The van der Waals surface area contributed by atoms with Crippen molar-refractivity contribution in [2.24, 2.45) is 23.7 Å². The molecule has 1 aromatic heterocycles. The number of amides is 3. The first-order valence-electron chi connectivity index (χ1n) is 12.4. The van der Waals surface area contributed by atoms with Gasteiger partial charge in [-0.05, 0) is 74.5 Å². The van der Waals surface area contributed by atoms with Crippen LogP contribution < -0.4 is 20.7 Å². The third-order valence-electron chi connectivity index (χ3n) is 7.87. The first-order valence-corrected chi connectivity index (χ1v) is 12.4. The number of rotatable bonds is 8. The zero-order valence-electron chi connectivity index (χ0n) is 19.8. The van der Waals surface area contributed by atoms with Crippen LogP contribution in [0.25, 0.3) is 10.9 Å². The second kappa shape index (κ2) is 9.61. The summed E-state index contributed by atoms with van der Waals surface area (Å²) in [5.74, 6) is 0.947. The molecule has 4 N–H and O–H groups in total. The second-order valence-corrected chi connectivity index (χ2v) is 10.1. The number of nitrogens with zero attached hydrogens (tertiary/aromatic N) is 1. The molecule has 0 bridgehead atoms. The molecule has 1 aliphatic heterocycles. The third-order valence-corrected chi connectivity index (χ3v) is 7.87. The lowest BCUT2D eigenvalue weighted by molar-refractivity contribution is -0.126. The van der Waals surface area contributed by atoms with E-state index in [4.69, 9.17) is 4.74 Å². The van der Waals surface area contributed by atoms with Crippen LogP contribution in [0.4, 0.5) is 0 Å². The Balaban J connectivity index is 1.33. The average Bonchev–Trinajstić information content (AvgIpc) is 3.32. The Hall–Kier alpha value is -3.54. The van der Waals surface area contributed by atoms with Crippen molar-refractivity contribution in [1.29, 1.82) is 5.26 Å². The lowest BCUT2D eigenvalue weighted by Gasteiger charge is -2.30. The van der Waals surface area contributed by atoms with Gasteiger partial charge in [0, 0.05) is 23.4 Å². The van der Waals surface area contributed by atoms with Crippen molar-refractivity contribution in [3.8, 4) is 11.8 Å². The highest BCUT2D eigenvalue weighted by molar-refractivity contribution is 6.01. The number of hydrogen-bond donors (Lipinski definition) is 4. The van der Waals surface area contributed by atoms with Crippen LogP contribution in [0.2, 0.25) is 0 Å². The fourth-order valence-electron chi connectivity index (χ4n) is 5.79. The van der Waals surface area contributed by atoms with Gasteiger partial charge in [0.2, 0.25) is 11.8 Å². The van der Waals surface area contributed by atoms with E-state index in [1.807, 2.05) is 18.2 Å². The van der Waals surface area contributed by atoms with Gasteiger partial charge < -0.3 is 25.7 Å². The maximum Gasteiger partial charge on any atom is 0.268 e. The maximum absolute atomic E-state index is 13.4. The predicted molar refractivity (Wildman–Crippen MR) is 128 cm³/mol. The predicted octanol–water partition coefficient (Wildman–Crippen LogP) is 2.25. The molecule has 0 radical (unpaired) electrons. The first kappa shape index (κ1) is 23.2. The Kier molecular flexibility index (Phi) is 6.37. The lowest BCUT2D eigenvalue weighted by atomic mass is 9.83. The van der Waals surface area contributed by atoms with Crippen LogP contribution in [0.15, 0.2) is 24.3 Å². The molecule has 184 valence electrons.